The van der Waals surface area contributed by atoms with E-state index in [0.717, 1.165) is 6.07 Å². The molecule has 7 heteroatoms. The molecule has 0 radical (unpaired) electrons. The average molecular weight is 360 g/mol. The topological polar surface area (TPSA) is 45.7 Å². The lowest BCUT2D eigenvalue weighted by atomic mass is 10.1. The molecule has 0 saturated carbocycles. The van der Waals surface area contributed by atoms with Crippen molar-refractivity contribution in [3.05, 3.63) is 63.6 Å². The molecule has 3 nitrogen and oxygen atoms in total. The number of para-hydroxylation sites is 1. The molecule has 0 aliphatic carbocycles. The quantitative estimate of drug-likeness (QED) is 0.842. The van der Waals surface area contributed by atoms with Crippen molar-refractivity contribution in [1.29, 1.82) is 0 Å². The van der Waals surface area contributed by atoms with Gasteiger partial charge in [-0.1, -0.05) is 29.3 Å². The summed E-state index contributed by atoms with van der Waals surface area (Å²) in [4.78, 5) is 12.0. The number of halogens is 4. The molecular formula is C16H15Cl2F2N2O+. The van der Waals surface area contributed by atoms with E-state index in [4.69, 9.17) is 23.2 Å². The van der Waals surface area contributed by atoms with E-state index in [0.29, 0.717) is 21.3 Å². The monoisotopic (exact) mass is 359 g/mol. The highest BCUT2D eigenvalue weighted by atomic mass is 35.5. The number of nitrogens with two attached hydrogens (primary N) is 1. The number of anilines is 1. The number of amides is 1. The van der Waals surface area contributed by atoms with E-state index in [-0.39, 0.29) is 18.5 Å². The highest BCUT2D eigenvalue weighted by molar-refractivity contribution is 6.39. The molecule has 23 heavy (non-hydrogen) atoms. The number of quaternary nitrogens is 1. The van der Waals surface area contributed by atoms with Gasteiger partial charge in [0.1, 0.15) is 17.7 Å². The third kappa shape index (κ3) is 4.64. The van der Waals surface area contributed by atoms with E-state index in [9.17, 15) is 13.6 Å². The summed E-state index contributed by atoms with van der Waals surface area (Å²) in [5.41, 5.74) is 0.671. The lowest BCUT2D eigenvalue weighted by Crippen LogP contribution is -2.86. The molecule has 0 fully saturated rings. The fraction of sp³-hybridized carbons (Fsp3) is 0.188. The zero-order valence-electron chi connectivity index (χ0n) is 12.2. The van der Waals surface area contributed by atoms with Gasteiger partial charge in [0, 0.05) is 11.6 Å². The van der Waals surface area contributed by atoms with Crippen molar-refractivity contribution in [2.75, 3.05) is 11.9 Å². The van der Waals surface area contributed by atoms with Gasteiger partial charge in [0.25, 0.3) is 5.91 Å². The first-order valence-electron chi connectivity index (χ1n) is 6.90. The van der Waals surface area contributed by atoms with Crippen LogP contribution in [0.1, 0.15) is 18.5 Å². The minimum atomic E-state index is -0.636. The molecule has 3 N–H and O–H groups in total. The lowest BCUT2D eigenvalue weighted by Gasteiger charge is -2.13. The van der Waals surface area contributed by atoms with Gasteiger partial charge in [0.15, 0.2) is 6.54 Å². The van der Waals surface area contributed by atoms with Crippen LogP contribution in [0, 0.1) is 11.6 Å². The van der Waals surface area contributed by atoms with Gasteiger partial charge in [-0.15, -0.1) is 0 Å². The molecule has 0 heterocycles. The SMILES string of the molecule is C[C@H]([NH2+]CC(=O)Nc1c(Cl)cccc1Cl)c1ccc(F)cc1F. The minimum absolute atomic E-state index is 0.0412. The van der Waals surface area contributed by atoms with Crippen molar-refractivity contribution in [1.82, 2.24) is 0 Å². The second-order valence-corrected chi connectivity index (χ2v) is 5.85. The number of hydrogen-bond acceptors (Lipinski definition) is 1. The van der Waals surface area contributed by atoms with Crippen molar-refractivity contribution in [2.24, 2.45) is 0 Å². The van der Waals surface area contributed by atoms with Crippen molar-refractivity contribution in [2.45, 2.75) is 13.0 Å². The molecule has 122 valence electrons. The Morgan fingerprint density at radius 1 is 1.22 bits per heavy atom. The molecule has 0 unspecified atom stereocenters. The van der Waals surface area contributed by atoms with Crippen molar-refractivity contribution < 1.29 is 18.9 Å². The molecule has 0 aromatic heterocycles. The molecule has 0 aliphatic rings. The highest BCUT2D eigenvalue weighted by Crippen LogP contribution is 2.29. The zero-order chi connectivity index (χ0) is 17.0. The summed E-state index contributed by atoms with van der Waals surface area (Å²) in [7, 11) is 0. The van der Waals surface area contributed by atoms with Crippen LogP contribution in [-0.4, -0.2) is 12.5 Å². The molecule has 0 bridgehead atoms. The number of rotatable bonds is 5. The summed E-state index contributed by atoms with van der Waals surface area (Å²) >= 11 is 11.9. The van der Waals surface area contributed by atoms with Crippen LogP contribution in [0.3, 0.4) is 0 Å². The van der Waals surface area contributed by atoms with Crippen LogP contribution in [0.25, 0.3) is 0 Å². The van der Waals surface area contributed by atoms with Gasteiger partial charge in [0.05, 0.1) is 15.7 Å². The summed E-state index contributed by atoms with van der Waals surface area (Å²) in [5.74, 6) is -1.60. The molecule has 1 atom stereocenters. The van der Waals surface area contributed by atoms with Crippen molar-refractivity contribution in [3.8, 4) is 0 Å². The second kappa shape index (κ2) is 7.73. The smallest absolute Gasteiger partial charge is 0.279 e. The summed E-state index contributed by atoms with van der Waals surface area (Å²) in [6.07, 6.45) is 0. The molecular weight excluding hydrogens is 345 g/mol. The maximum Gasteiger partial charge on any atom is 0.279 e. The molecule has 1 amide bonds. The first-order valence-corrected chi connectivity index (χ1v) is 7.66. The first-order chi connectivity index (χ1) is 10.9. The third-order valence-corrected chi connectivity index (χ3v) is 3.97. The molecule has 2 aromatic carbocycles. The number of hydrogen-bond donors (Lipinski definition) is 2. The maximum atomic E-state index is 13.7. The van der Waals surface area contributed by atoms with Crippen LogP contribution >= 0.6 is 23.2 Å². The van der Waals surface area contributed by atoms with Gasteiger partial charge in [-0.05, 0) is 31.2 Å². The van der Waals surface area contributed by atoms with Crippen molar-refractivity contribution >= 4 is 34.8 Å². The Balaban J connectivity index is 1.96. The second-order valence-electron chi connectivity index (χ2n) is 5.04. The Kier molecular flexibility index (Phi) is 5.93. The van der Waals surface area contributed by atoms with E-state index >= 15 is 0 Å². The third-order valence-electron chi connectivity index (χ3n) is 3.34. The largest absolute Gasteiger partial charge is 0.332 e. The predicted octanol–water partition coefficient (Wildman–Crippen LogP) is 3.53. The van der Waals surface area contributed by atoms with Crippen LogP contribution in [-0.2, 0) is 4.79 Å². The van der Waals surface area contributed by atoms with Crippen LogP contribution in [0.2, 0.25) is 10.0 Å². The Labute approximate surface area is 142 Å². The Morgan fingerprint density at radius 2 is 1.87 bits per heavy atom. The van der Waals surface area contributed by atoms with Crippen LogP contribution in [0.15, 0.2) is 36.4 Å². The Morgan fingerprint density at radius 3 is 2.48 bits per heavy atom. The van der Waals surface area contributed by atoms with Gasteiger partial charge >= 0.3 is 0 Å². The fourth-order valence-electron chi connectivity index (χ4n) is 2.09. The van der Waals surface area contributed by atoms with E-state index in [1.807, 2.05) is 0 Å². The fourth-order valence-corrected chi connectivity index (χ4v) is 2.58. The van der Waals surface area contributed by atoms with Gasteiger partial charge in [-0.25, -0.2) is 8.78 Å². The predicted molar refractivity (Wildman–Crippen MR) is 86.7 cm³/mol. The first kappa shape index (κ1) is 17.7. The lowest BCUT2D eigenvalue weighted by molar-refractivity contribution is -0.682. The standard InChI is InChI=1S/C16H14Cl2F2N2O/c1-9(11-6-5-10(19)7-14(11)20)21-8-15(23)22-16-12(17)3-2-4-13(16)18/h2-7,9,21H,8H2,1H3,(H,22,23)/p+1/t9-/m0/s1. The molecule has 2 aromatic rings. The zero-order valence-corrected chi connectivity index (χ0v) is 13.8. The van der Waals surface area contributed by atoms with Crippen LogP contribution in [0.4, 0.5) is 14.5 Å². The molecule has 0 saturated heterocycles. The Bertz CT molecular complexity index is 705. The summed E-state index contributed by atoms with van der Waals surface area (Å²) < 4.78 is 26.6. The summed E-state index contributed by atoms with van der Waals surface area (Å²) in [6.45, 7) is 1.77. The van der Waals surface area contributed by atoms with Gasteiger partial charge in [0.2, 0.25) is 0 Å². The van der Waals surface area contributed by atoms with E-state index in [1.54, 1.807) is 30.4 Å². The minimum Gasteiger partial charge on any atom is -0.332 e. The van der Waals surface area contributed by atoms with Gasteiger partial charge in [-0.2, -0.15) is 0 Å². The number of benzene rings is 2. The highest BCUT2D eigenvalue weighted by Gasteiger charge is 2.17. The number of carbonyl (C=O) groups excluding carboxylic acids is 1. The number of nitrogens with one attached hydrogen (secondary N) is 1. The van der Waals surface area contributed by atoms with E-state index < -0.39 is 11.6 Å². The summed E-state index contributed by atoms with van der Waals surface area (Å²) in [5, 5.41) is 4.93. The average Bonchev–Trinajstić information content (AvgIpc) is 2.49. The van der Waals surface area contributed by atoms with Crippen LogP contribution < -0.4 is 10.6 Å². The maximum absolute atomic E-state index is 13.7. The van der Waals surface area contributed by atoms with E-state index in [1.165, 1.54) is 12.1 Å². The van der Waals surface area contributed by atoms with E-state index in [2.05, 4.69) is 5.32 Å². The molecule has 0 spiro atoms. The van der Waals surface area contributed by atoms with Crippen molar-refractivity contribution in [3.63, 3.8) is 0 Å². The molecule has 0 aliphatic heterocycles. The van der Waals surface area contributed by atoms with Gasteiger partial charge in [-0.3, -0.25) is 4.79 Å². The van der Waals surface area contributed by atoms with Crippen LogP contribution in [0.5, 0.6) is 0 Å². The normalized spacial score (nSPS) is 12.0. The van der Waals surface area contributed by atoms with Gasteiger partial charge < -0.3 is 10.6 Å². The Hall–Kier alpha value is -1.69. The molecule has 2 rings (SSSR count). The number of carbonyl (C=O) groups is 1. The summed E-state index contributed by atoms with van der Waals surface area (Å²) in [6, 6.07) is 7.94.